The predicted octanol–water partition coefficient (Wildman–Crippen LogP) is 2.71. The number of nitrogen functional groups attached to an aromatic ring is 1. The average molecular weight is 329 g/mol. The molecular formula is C18H23N3O3. The highest BCUT2D eigenvalue weighted by Crippen LogP contribution is 2.30. The first kappa shape index (κ1) is 17.6. The second-order valence-corrected chi connectivity index (χ2v) is 5.38. The van der Waals surface area contributed by atoms with Gasteiger partial charge in [-0.3, -0.25) is 4.79 Å². The van der Waals surface area contributed by atoms with E-state index in [1.165, 1.54) is 0 Å². The van der Waals surface area contributed by atoms with Crippen LogP contribution in [0.4, 0.5) is 17.1 Å². The second-order valence-electron chi connectivity index (χ2n) is 5.38. The van der Waals surface area contributed by atoms with Crippen molar-refractivity contribution in [2.75, 3.05) is 38.4 Å². The number of carbonyl (C=O) groups excluding carboxylic acids is 1. The summed E-state index contributed by atoms with van der Waals surface area (Å²) >= 11 is 0. The first-order valence-corrected chi connectivity index (χ1v) is 7.63. The molecule has 0 unspecified atom stereocenters. The first-order valence-electron chi connectivity index (χ1n) is 7.63. The number of aryl methyl sites for hydroxylation is 1. The van der Waals surface area contributed by atoms with Crippen LogP contribution >= 0.6 is 0 Å². The van der Waals surface area contributed by atoms with Crippen LogP contribution in [-0.2, 0) is 4.74 Å². The lowest BCUT2D eigenvalue weighted by Gasteiger charge is -2.15. The predicted molar refractivity (Wildman–Crippen MR) is 96.1 cm³/mol. The molecule has 0 saturated heterocycles. The van der Waals surface area contributed by atoms with Crippen LogP contribution in [0.2, 0.25) is 0 Å². The maximum Gasteiger partial charge on any atom is 0.253 e. The molecule has 0 atom stereocenters. The Morgan fingerprint density at radius 1 is 1.12 bits per heavy atom. The van der Waals surface area contributed by atoms with E-state index >= 15 is 0 Å². The third-order valence-electron chi connectivity index (χ3n) is 3.50. The quantitative estimate of drug-likeness (QED) is 0.537. The number of hydrogen-bond acceptors (Lipinski definition) is 5. The molecule has 24 heavy (non-hydrogen) atoms. The zero-order valence-corrected chi connectivity index (χ0v) is 14.2. The van der Waals surface area contributed by atoms with E-state index in [1.54, 1.807) is 32.4 Å². The Morgan fingerprint density at radius 2 is 1.92 bits per heavy atom. The van der Waals surface area contributed by atoms with Crippen LogP contribution in [0.5, 0.6) is 5.75 Å². The number of hydrogen-bond donors (Lipinski definition) is 3. The number of ether oxygens (including phenoxy) is 2. The van der Waals surface area contributed by atoms with Gasteiger partial charge >= 0.3 is 0 Å². The highest BCUT2D eigenvalue weighted by Gasteiger charge is 2.13. The van der Waals surface area contributed by atoms with Gasteiger partial charge in [-0.15, -0.1) is 0 Å². The number of nitrogens with one attached hydrogen (secondary N) is 2. The highest BCUT2D eigenvalue weighted by atomic mass is 16.5. The Kier molecular flexibility index (Phi) is 6.03. The molecule has 128 valence electrons. The summed E-state index contributed by atoms with van der Waals surface area (Å²) in [5, 5.41) is 6.06. The van der Waals surface area contributed by atoms with Gasteiger partial charge in [0.15, 0.2) is 0 Å². The van der Waals surface area contributed by atoms with Crippen molar-refractivity contribution in [3.05, 3.63) is 47.5 Å². The Hall–Kier alpha value is -2.73. The Morgan fingerprint density at radius 3 is 2.62 bits per heavy atom. The third kappa shape index (κ3) is 4.39. The zero-order valence-electron chi connectivity index (χ0n) is 14.2. The molecule has 2 rings (SSSR count). The number of rotatable bonds is 7. The van der Waals surface area contributed by atoms with Crippen molar-refractivity contribution in [2.24, 2.45) is 0 Å². The number of anilines is 3. The van der Waals surface area contributed by atoms with Crippen molar-refractivity contribution in [3.8, 4) is 5.75 Å². The third-order valence-corrected chi connectivity index (χ3v) is 3.50. The van der Waals surface area contributed by atoms with Crippen LogP contribution in [0, 0.1) is 6.92 Å². The summed E-state index contributed by atoms with van der Waals surface area (Å²) in [5.74, 6) is 0.483. The lowest BCUT2D eigenvalue weighted by molar-refractivity contribution is 0.0938. The molecule has 4 N–H and O–H groups in total. The Bertz CT molecular complexity index is 717. The largest absolute Gasteiger partial charge is 0.495 e. The molecule has 0 bridgehead atoms. The minimum atomic E-state index is -0.214. The molecule has 0 fully saturated rings. The van der Waals surface area contributed by atoms with Crippen LogP contribution < -0.4 is 21.1 Å². The number of methoxy groups -OCH3 is 2. The van der Waals surface area contributed by atoms with E-state index in [9.17, 15) is 4.79 Å². The van der Waals surface area contributed by atoms with Gasteiger partial charge in [0.25, 0.3) is 5.91 Å². The number of amides is 1. The molecular weight excluding hydrogens is 306 g/mol. The minimum absolute atomic E-state index is 0.214. The molecule has 2 aromatic carbocycles. The standard InChI is InChI=1S/C18H23N3O3/c1-12-4-7-17(24-3)16(10-12)21-15-6-5-13(19)11-14(15)18(22)20-8-9-23-2/h4-7,10-11,21H,8-9,19H2,1-3H3,(H,20,22). The van der Waals surface area contributed by atoms with Gasteiger partial charge in [0.1, 0.15) is 5.75 Å². The Balaban J connectivity index is 2.30. The fourth-order valence-electron chi connectivity index (χ4n) is 2.29. The van der Waals surface area contributed by atoms with Crippen molar-refractivity contribution >= 4 is 23.0 Å². The van der Waals surface area contributed by atoms with Gasteiger partial charge in [0.2, 0.25) is 0 Å². The number of benzene rings is 2. The summed E-state index contributed by atoms with van der Waals surface area (Å²) in [6, 6.07) is 11.0. The van der Waals surface area contributed by atoms with E-state index < -0.39 is 0 Å². The topological polar surface area (TPSA) is 85.6 Å². The molecule has 0 aliphatic rings. The molecule has 0 aromatic heterocycles. The van der Waals surface area contributed by atoms with Crippen molar-refractivity contribution in [1.29, 1.82) is 0 Å². The van der Waals surface area contributed by atoms with Crippen molar-refractivity contribution in [1.82, 2.24) is 5.32 Å². The summed E-state index contributed by atoms with van der Waals surface area (Å²) in [6.07, 6.45) is 0. The van der Waals surface area contributed by atoms with E-state index in [4.69, 9.17) is 15.2 Å². The highest BCUT2D eigenvalue weighted by molar-refractivity contribution is 6.01. The van der Waals surface area contributed by atoms with E-state index in [0.717, 1.165) is 11.3 Å². The van der Waals surface area contributed by atoms with Crippen LogP contribution in [0.25, 0.3) is 0 Å². The first-order chi connectivity index (χ1) is 11.5. The van der Waals surface area contributed by atoms with Crippen molar-refractivity contribution < 1.29 is 14.3 Å². The molecule has 0 aliphatic carbocycles. The summed E-state index contributed by atoms with van der Waals surface area (Å²) in [4.78, 5) is 12.4. The Labute approximate surface area is 142 Å². The summed E-state index contributed by atoms with van der Waals surface area (Å²) in [7, 11) is 3.20. The summed E-state index contributed by atoms with van der Waals surface area (Å²) < 4.78 is 10.3. The molecule has 0 radical (unpaired) electrons. The van der Waals surface area contributed by atoms with Gasteiger partial charge in [0.05, 0.1) is 30.7 Å². The van der Waals surface area contributed by atoms with Crippen molar-refractivity contribution in [2.45, 2.75) is 6.92 Å². The molecule has 0 heterocycles. The smallest absolute Gasteiger partial charge is 0.253 e. The van der Waals surface area contributed by atoms with Crippen LogP contribution in [0.3, 0.4) is 0 Å². The van der Waals surface area contributed by atoms with E-state index in [0.29, 0.717) is 35.8 Å². The number of nitrogens with two attached hydrogens (primary N) is 1. The minimum Gasteiger partial charge on any atom is -0.495 e. The fraction of sp³-hybridized carbons (Fsp3) is 0.278. The molecule has 0 saturated carbocycles. The number of carbonyl (C=O) groups is 1. The summed E-state index contributed by atoms with van der Waals surface area (Å²) in [6.45, 7) is 2.87. The molecule has 2 aromatic rings. The van der Waals surface area contributed by atoms with Gasteiger partial charge in [-0.1, -0.05) is 6.07 Å². The van der Waals surface area contributed by atoms with Gasteiger partial charge in [-0.05, 0) is 42.8 Å². The van der Waals surface area contributed by atoms with Gasteiger partial charge < -0.3 is 25.8 Å². The maximum atomic E-state index is 12.4. The molecule has 1 amide bonds. The van der Waals surface area contributed by atoms with Gasteiger partial charge in [0, 0.05) is 19.3 Å². The SMILES string of the molecule is COCCNC(=O)c1cc(N)ccc1Nc1cc(C)ccc1OC. The van der Waals surface area contributed by atoms with Crippen LogP contribution in [0.1, 0.15) is 15.9 Å². The van der Waals surface area contributed by atoms with Crippen LogP contribution in [-0.4, -0.2) is 33.3 Å². The maximum absolute atomic E-state index is 12.4. The lowest BCUT2D eigenvalue weighted by Crippen LogP contribution is -2.27. The van der Waals surface area contributed by atoms with Gasteiger partial charge in [-0.25, -0.2) is 0 Å². The van der Waals surface area contributed by atoms with E-state index in [-0.39, 0.29) is 5.91 Å². The van der Waals surface area contributed by atoms with Crippen molar-refractivity contribution in [3.63, 3.8) is 0 Å². The van der Waals surface area contributed by atoms with Gasteiger partial charge in [-0.2, -0.15) is 0 Å². The molecule has 0 spiro atoms. The molecule has 6 heteroatoms. The van der Waals surface area contributed by atoms with E-state index in [2.05, 4.69) is 10.6 Å². The monoisotopic (exact) mass is 329 g/mol. The van der Waals surface area contributed by atoms with Crippen LogP contribution in [0.15, 0.2) is 36.4 Å². The normalized spacial score (nSPS) is 10.3. The molecule has 0 aliphatic heterocycles. The average Bonchev–Trinajstić information content (AvgIpc) is 2.57. The lowest BCUT2D eigenvalue weighted by atomic mass is 10.1. The molecule has 6 nitrogen and oxygen atoms in total. The fourth-order valence-corrected chi connectivity index (χ4v) is 2.29. The zero-order chi connectivity index (χ0) is 17.5. The second kappa shape index (κ2) is 8.21. The summed E-state index contributed by atoms with van der Waals surface area (Å²) in [5.41, 5.74) is 9.35. The van der Waals surface area contributed by atoms with E-state index in [1.807, 2.05) is 25.1 Å².